The summed E-state index contributed by atoms with van der Waals surface area (Å²) in [5.41, 5.74) is -1.26. The highest BCUT2D eigenvalue weighted by molar-refractivity contribution is 7.13. The monoisotopic (exact) mass is 538 g/mol. The average molecular weight is 539 g/mol. The van der Waals surface area contributed by atoms with Crippen LogP contribution in [-0.2, 0) is 6.18 Å². The number of hydrogen-bond acceptors (Lipinski definition) is 5. The largest absolute Gasteiger partial charge is 0.478 e. The molecular weight excluding hydrogens is 528 g/mol. The normalized spacial score (nSPS) is 11.5. The maximum Gasteiger partial charge on any atom is 0.416 e. The van der Waals surface area contributed by atoms with Gasteiger partial charge in [0.15, 0.2) is 0 Å². The predicted octanol–water partition coefficient (Wildman–Crippen LogP) is 8.08. The van der Waals surface area contributed by atoms with Crippen molar-refractivity contribution in [3.63, 3.8) is 0 Å². The van der Waals surface area contributed by atoms with Gasteiger partial charge in [0.25, 0.3) is 5.69 Å². The number of carboxylic acids is 1. The van der Waals surface area contributed by atoms with Crippen molar-refractivity contribution in [2.45, 2.75) is 6.18 Å². The Morgan fingerprint density at radius 1 is 0.971 bits per heavy atom. The number of alkyl halides is 3. The van der Waals surface area contributed by atoms with Crippen LogP contribution < -0.4 is 0 Å². The Morgan fingerprint density at radius 3 is 2.31 bits per heavy atom. The fourth-order valence-electron chi connectivity index (χ4n) is 3.37. The Balaban J connectivity index is 1.82. The molecule has 0 aliphatic rings. The molecule has 0 atom stereocenters. The second-order valence-corrected chi connectivity index (χ2v) is 8.89. The summed E-state index contributed by atoms with van der Waals surface area (Å²) in [4.78, 5) is 27.1. The third-order valence-electron chi connectivity index (χ3n) is 5.03. The van der Waals surface area contributed by atoms with Crippen molar-refractivity contribution in [2.24, 2.45) is 0 Å². The van der Waals surface area contributed by atoms with Crippen LogP contribution in [0.25, 0.3) is 33.0 Å². The van der Waals surface area contributed by atoms with E-state index in [2.05, 4.69) is 4.98 Å². The fraction of sp³-hybridized carbons (Fsp3) is 0.0435. The number of benzene rings is 3. The van der Waals surface area contributed by atoms with Crippen LogP contribution in [0.4, 0.5) is 18.9 Å². The molecule has 0 amide bonds. The van der Waals surface area contributed by atoms with Gasteiger partial charge in [-0.1, -0.05) is 41.4 Å². The number of aromatic carboxylic acids is 1. The van der Waals surface area contributed by atoms with Gasteiger partial charge in [0.1, 0.15) is 5.01 Å². The van der Waals surface area contributed by atoms with Crippen LogP contribution >= 0.6 is 34.5 Å². The van der Waals surface area contributed by atoms with E-state index < -0.39 is 39.4 Å². The summed E-state index contributed by atoms with van der Waals surface area (Å²) in [5.74, 6) is -1.46. The van der Waals surface area contributed by atoms with Crippen LogP contribution in [-0.4, -0.2) is 21.0 Å². The van der Waals surface area contributed by atoms with Gasteiger partial charge in [-0.2, -0.15) is 13.2 Å². The van der Waals surface area contributed by atoms with Crippen LogP contribution in [0.2, 0.25) is 10.0 Å². The molecule has 0 bridgehead atoms. The highest BCUT2D eigenvalue weighted by atomic mass is 35.5. The van der Waals surface area contributed by atoms with Gasteiger partial charge in [-0.3, -0.25) is 10.1 Å². The second-order valence-electron chi connectivity index (χ2n) is 7.22. The number of hydrogen-bond donors (Lipinski definition) is 1. The van der Waals surface area contributed by atoms with E-state index in [1.807, 2.05) is 0 Å². The number of halogens is 5. The van der Waals surface area contributed by atoms with Gasteiger partial charge in [0, 0.05) is 28.1 Å². The third kappa shape index (κ3) is 5.00. The number of carboxylic acid groups (broad SMARTS) is 1. The minimum atomic E-state index is -4.77. The van der Waals surface area contributed by atoms with Gasteiger partial charge < -0.3 is 5.11 Å². The van der Waals surface area contributed by atoms with Crippen LogP contribution in [0, 0.1) is 10.1 Å². The number of nitro groups is 1. The zero-order valence-corrected chi connectivity index (χ0v) is 19.5. The topological polar surface area (TPSA) is 93.3 Å². The summed E-state index contributed by atoms with van der Waals surface area (Å²) in [6.07, 6.45) is -4.77. The summed E-state index contributed by atoms with van der Waals surface area (Å²) < 4.78 is 39.7. The molecule has 1 N–H and O–H groups in total. The Bertz CT molecular complexity index is 1490. The van der Waals surface area contributed by atoms with E-state index in [-0.39, 0.29) is 5.56 Å². The molecule has 0 unspecified atom stereocenters. The van der Waals surface area contributed by atoms with E-state index in [0.717, 1.165) is 0 Å². The van der Waals surface area contributed by atoms with Crippen molar-refractivity contribution < 1.29 is 28.0 Å². The average Bonchev–Trinajstić information content (AvgIpc) is 3.29. The molecule has 6 nitrogen and oxygen atoms in total. The molecule has 35 heavy (non-hydrogen) atoms. The van der Waals surface area contributed by atoms with Gasteiger partial charge in [0.05, 0.1) is 37.4 Å². The first-order chi connectivity index (χ1) is 16.5. The molecule has 1 heterocycles. The molecule has 178 valence electrons. The zero-order chi connectivity index (χ0) is 25.5. The molecule has 3 aromatic carbocycles. The van der Waals surface area contributed by atoms with Crippen molar-refractivity contribution in [3.8, 4) is 33.0 Å². The quantitative estimate of drug-likeness (QED) is 0.205. The lowest BCUT2D eigenvalue weighted by atomic mass is 9.94. The molecule has 4 aromatic rings. The molecule has 0 saturated heterocycles. The van der Waals surface area contributed by atoms with Crippen LogP contribution in [0.3, 0.4) is 0 Å². The number of nitrogens with zero attached hydrogens (tertiary/aromatic N) is 2. The lowest BCUT2D eigenvalue weighted by molar-refractivity contribution is -0.384. The molecule has 4 rings (SSSR count). The number of aromatic nitrogens is 1. The predicted molar refractivity (Wildman–Crippen MR) is 127 cm³/mol. The fourth-order valence-corrected chi connectivity index (χ4v) is 4.50. The zero-order valence-electron chi connectivity index (χ0n) is 17.1. The minimum absolute atomic E-state index is 0.222. The smallest absolute Gasteiger partial charge is 0.416 e. The van der Waals surface area contributed by atoms with E-state index in [1.54, 1.807) is 23.6 Å². The van der Waals surface area contributed by atoms with Crippen LogP contribution in [0.15, 0.2) is 60.0 Å². The molecule has 0 saturated carbocycles. The first-order valence-electron chi connectivity index (χ1n) is 9.60. The van der Waals surface area contributed by atoms with Crippen molar-refractivity contribution in [1.82, 2.24) is 4.98 Å². The van der Waals surface area contributed by atoms with E-state index >= 15 is 0 Å². The molecule has 1 aromatic heterocycles. The van der Waals surface area contributed by atoms with Crippen molar-refractivity contribution in [2.75, 3.05) is 0 Å². The second kappa shape index (κ2) is 9.29. The number of nitro benzene ring substituents is 1. The maximum atomic E-state index is 13.2. The first kappa shape index (κ1) is 24.6. The van der Waals surface area contributed by atoms with Crippen LogP contribution in [0.5, 0.6) is 0 Å². The standard InChI is InChI=1S/C23H11Cl2F3N2O4S/c24-17-5-2-11(8-18(17)25)19-10-35-21(29-19)12-1-4-14(16(7-12)22(31)32)15-9-13(23(26,27)28)3-6-20(15)30(33)34/h1-10H,(H,31,32). The maximum absolute atomic E-state index is 13.2. The SMILES string of the molecule is O=C(O)c1cc(-c2nc(-c3ccc(Cl)c(Cl)c3)cs2)ccc1-c1cc(C(F)(F)F)ccc1[N+](=O)[O-]. The van der Waals surface area contributed by atoms with Gasteiger partial charge >= 0.3 is 12.1 Å². The molecule has 0 aliphatic heterocycles. The van der Waals surface area contributed by atoms with Gasteiger partial charge in [0.2, 0.25) is 0 Å². The van der Waals surface area contributed by atoms with Gasteiger partial charge in [-0.15, -0.1) is 11.3 Å². The summed E-state index contributed by atoms with van der Waals surface area (Å²) >= 11 is 13.2. The van der Waals surface area contributed by atoms with Crippen LogP contribution in [0.1, 0.15) is 15.9 Å². The summed E-state index contributed by atoms with van der Waals surface area (Å²) in [5, 5.41) is 24.1. The van der Waals surface area contributed by atoms with Gasteiger partial charge in [-0.25, -0.2) is 9.78 Å². The molecular formula is C23H11Cl2F3N2O4S. The summed E-state index contributed by atoms with van der Waals surface area (Å²) in [6, 6.07) is 10.7. The minimum Gasteiger partial charge on any atom is -0.478 e. The number of carbonyl (C=O) groups is 1. The third-order valence-corrected chi connectivity index (χ3v) is 6.66. The lowest BCUT2D eigenvalue weighted by Crippen LogP contribution is -2.07. The molecule has 0 fully saturated rings. The lowest BCUT2D eigenvalue weighted by Gasteiger charge is -2.12. The number of rotatable bonds is 5. The van der Waals surface area contributed by atoms with Crippen molar-refractivity contribution in [3.05, 3.63) is 91.3 Å². The van der Waals surface area contributed by atoms with Crippen molar-refractivity contribution >= 4 is 46.2 Å². The molecule has 0 radical (unpaired) electrons. The first-order valence-corrected chi connectivity index (χ1v) is 11.2. The van der Waals surface area contributed by atoms with E-state index in [4.69, 9.17) is 23.2 Å². The van der Waals surface area contributed by atoms with E-state index in [1.165, 1.54) is 29.5 Å². The Labute approximate surface area is 209 Å². The highest BCUT2D eigenvalue weighted by Crippen LogP contribution is 2.40. The Kier molecular flexibility index (Phi) is 6.54. The number of thiazole rings is 1. The highest BCUT2D eigenvalue weighted by Gasteiger charge is 2.33. The van der Waals surface area contributed by atoms with E-state index in [0.29, 0.717) is 50.1 Å². The molecule has 0 spiro atoms. The van der Waals surface area contributed by atoms with Crippen molar-refractivity contribution in [1.29, 1.82) is 0 Å². The molecule has 0 aliphatic carbocycles. The van der Waals surface area contributed by atoms with E-state index in [9.17, 15) is 33.2 Å². The Morgan fingerprint density at radius 2 is 1.69 bits per heavy atom. The van der Waals surface area contributed by atoms with Gasteiger partial charge in [-0.05, 0) is 30.3 Å². The summed E-state index contributed by atoms with van der Waals surface area (Å²) in [7, 11) is 0. The molecule has 12 heteroatoms. The summed E-state index contributed by atoms with van der Waals surface area (Å²) in [6.45, 7) is 0. The Hall–Kier alpha value is -3.47.